The monoisotopic (exact) mass is 381 g/mol. The minimum atomic E-state index is 0.709. The molecule has 2 aromatic heterocycles. The molecule has 3 aromatic rings. The summed E-state index contributed by atoms with van der Waals surface area (Å²) in [5.74, 6) is 1.60. The van der Waals surface area contributed by atoms with Gasteiger partial charge in [0.25, 0.3) is 0 Å². The van der Waals surface area contributed by atoms with Gasteiger partial charge in [0.2, 0.25) is 0 Å². The van der Waals surface area contributed by atoms with Crippen LogP contribution in [0.15, 0.2) is 18.2 Å². The van der Waals surface area contributed by atoms with Crippen LogP contribution in [0.3, 0.4) is 0 Å². The number of rotatable bonds is 8. The summed E-state index contributed by atoms with van der Waals surface area (Å²) < 4.78 is 11.8. The third-order valence-corrected chi connectivity index (χ3v) is 5.76. The zero-order chi connectivity index (χ0) is 19.5. The molecule has 5 nitrogen and oxygen atoms in total. The Labute approximate surface area is 167 Å². The van der Waals surface area contributed by atoms with Gasteiger partial charge >= 0.3 is 0 Å². The summed E-state index contributed by atoms with van der Waals surface area (Å²) in [6.45, 7) is 8.60. The molecule has 28 heavy (non-hydrogen) atoms. The summed E-state index contributed by atoms with van der Waals surface area (Å²) in [4.78, 5) is 10.9. The van der Waals surface area contributed by atoms with E-state index in [0.717, 1.165) is 65.1 Å². The Morgan fingerprint density at radius 2 is 1.86 bits per heavy atom. The Bertz CT molecular complexity index is 958. The second-order valence-corrected chi connectivity index (χ2v) is 7.61. The molecule has 5 heteroatoms. The standard InChI is InChI=1S/C23H31N3O2/c1-4-16-13-20-23(18(5-2)24-16)17-14-21(27-3)22(15-19(17)25-20)28-12-8-11-26-9-6-7-10-26/h13-15,25H,4-12H2,1-3H3. The zero-order valence-electron chi connectivity index (χ0n) is 17.3. The molecule has 1 aliphatic rings. The van der Waals surface area contributed by atoms with E-state index in [0.29, 0.717) is 6.61 Å². The highest BCUT2D eigenvalue weighted by Crippen LogP contribution is 2.37. The van der Waals surface area contributed by atoms with Gasteiger partial charge in [-0.25, -0.2) is 0 Å². The molecule has 0 aliphatic carbocycles. The maximum atomic E-state index is 6.11. The van der Waals surface area contributed by atoms with Crippen LogP contribution in [-0.4, -0.2) is 48.2 Å². The summed E-state index contributed by atoms with van der Waals surface area (Å²) in [7, 11) is 1.71. The average Bonchev–Trinajstić information content (AvgIpc) is 3.36. The van der Waals surface area contributed by atoms with Crippen LogP contribution >= 0.6 is 0 Å². The van der Waals surface area contributed by atoms with E-state index in [1.165, 1.54) is 31.3 Å². The van der Waals surface area contributed by atoms with Gasteiger partial charge in [0.05, 0.1) is 30.4 Å². The third kappa shape index (κ3) is 3.68. The number of hydrogen-bond acceptors (Lipinski definition) is 4. The molecule has 150 valence electrons. The van der Waals surface area contributed by atoms with Crippen LogP contribution in [0.5, 0.6) is 11.5 Å². The summed E-state index contributed by atoms with van der Waals surface area (Å²) in [6, 6.07) is 6.34. The van der Waals surface area contributed by atoms with E-state index < -0.39 is 0 Å². The Hall–Kier alpha value is -2.27. The second-order valence-electron chi connectivity index (χ2n) is 7.61. The van der Waals surface area contributed by atoms with E-state index in [1.807, 2.05) is 0 Å². The van der Waals surface area contributed by atoms with E-state index in [-0.39, 0.29) is 0 Å². The Balaban J connectivity index is 1.61. The molecule has 0 bridgehead atoms. The number of benzene rings is 1. The van der Waals surface area contributed by atoms with Gasteiger partial charge in [-0.1, -0.05) is 13.8 Å². The topological polar surface area (TPSA) is 50.4 Å². The van der Waals surface area contributed by atoms with Crippen molar-refractivity contribution in [3.05, 3.63) is 29.6 Å². The first kappa shape index (κ1) is 19.1. The van der Waals surface area contributed by atoms with Crippen molar-refractivity contribution in [1.29, 1.82) is 0 Å². The van der Waals surface area contributed by atoms with Crippen LogP contribution in [-0.2, 0) is 12.8 Å². The molecule has 1 aliphatic heterocycles. The summed E-state index contributed by atoms with van der Waals surface area (Å²) >= 11 is 0. The molecule has 0 saturated carbocycles. The first-order valence-electron chi connectivity index (χ1n) is 10.6. The van der Waals surface area contributed by atoms with Gasteiger partial charge in [-0.15, -0.1) is 0 Å². The molecule has 0 unspecified atom stereocenters. The normalized spacial score (nSPS) is 15.0. The largest absolute Gasteiger partial charge is 0.493 e. The fourth-order valence-electron chi connectivity index (χ4n) is 4.26. The number of nitrogens with one attached hydrogen (secondary N) is 1. The number of aromatic amines is 1. The molecule has 0 spiro atoms. The lowest BCUT2D eigenvalue weighted by Crippen LogP contribution is -2.21. The Morgan fingerprint density at radius 1 is 1.04 bits per heavy atom. The molecule has 0 amide bonds. The molecule has 1 aromatic carbocycles. The van der Waals surface area contributed by atoms with Crippen LogP contribution in [0.4, 0.5) is 0 Å². The number of pyridine rings is 1. The van der Waals surface area contributed by atoms with Crippen LogP contribution in [0.25, 0.3) is 21.8 Å². The van der Waals surface area contributed by atoms with E-state index >= 15 is 0 Å². The molecule has 0 radical (unpaired) electrons. The smallest absolute Gasteiger partial charge is 0.163 e. The number of aryl methyl sites for hydroxylation is 2. The maximum Gasteiger partial charge on any atom is 0.163 e. The van der Waals surface area contributed by atoms with Crippen LogP contribution in [0, 0.1) is 0 Å². The minimum Gasteiger partial charge on any atom is -0.493 e. The van der Waals surface area contributed by atoms with Gasteiger partial charge in [-0.3, -0.25) is 4.98 Å². The van der Waals surface area contributed by atoms with Crippen molar-refractivity contribution in [2.75, 3.05) is 33.4 Å². The van der Waals surface area contributed by atoms with Gasteiger partial charge < -0.3 is 19.4 Å². The molecular formula is C23H31N3O2. The van der Waals surface area contributed by atoms with E-state index in [2.05, 4.69) is 41.9 Å². The molecule has 3 heterocycles. The number of aromatic nitrogens is 2. The third-order valence-electron chi connectivity index (χ3n) is 5.76. The average molecular weight is 382 g/mol. The number of H-pyrrole nitrogens is 1. The van der Waals surface area contributed by atoms with Crippen LogP contribution in [0.1, 0.15) is 44.5 Å². The fourth-order valence-corrected chi connectivity index (χ4v) is 4.26. The first-order valence-corrected chi connectivity index (χ1v) is 10.6. The quantitative estimate of drug-likeness (QED) is 0.574. The van der Waals surface area contributed by atoms with Crippen molar-refractivity contribution < 1.29 is 9.47 Å². The highest BCUT2D eigenvalue weighted by molar-refractivity contribution is 6.09. The van der Waals surface area contributed by atoms with Gasteiger partial charge in [-0.2, -0.15) is 0 Å². The molecule has 1 N–H and O–H groups in total. The highest BCUT2D eigenvalue weighted by atomic mass is 16.5. The van der Waals surface area contributed by atoms with E-state index in [4.69, 9.17) is 14.5 Å². The van der Waals surface area contributed by atoms with E-state index in [9.17, 15) is 0 Å². The number of nitrogens with zero attached hydrogens (tertiary/aromatic N) is 2. The summed E-state index contributed by atoms with van der Waals surface area (Å²) in [6.07, 6.45) is 5.55. The minimum absolute atomic E-state index is 0.709. The van der Waals surface area contributed by atoms with Crippen LogP contribution in [0.2, 0.25) is 0 Å². The second kappa shape index (κ2) is 8.39. The predicted molar refractivity (Wildman–Crippen MR) is 115 cm³/mol. The molecule has 0 atom stereocenters. The lowest BCUT2D eigenvalue weighted by Gasteiger charge is -2.15. The summed E-state index contributed by atoms with van der Waals surface area (Å²) in [5.41, 5.74) is 4.49. The maximum absolute atomic E-state index is 6.11. The van der Waals surface area contributed by atoms with Gasteiger partial charge in [-0.05, 0) is 57.3 Å². The lowest BCUT2D eigenvalue weighted by molar-refractivity contribution is 0.254. The fraction of sp³-hybridized carbons (Fsp3) is 0.522. The Morgan fingerprint density at radius 3 is 2.57 bits per heavy atom. The molecular weight excluding hydrogens is 350 g/mol. The Kier molecular flexibility index (Phi) is 5.72. The van der Waals surface area contributed by atoms with Gasteiger partial charge in [0.1, 0.15) is 0 Å². The van der Waals surface area contributed by atoms with Crippen LogP contribution < -0.4 is 9.47 Å². The van der Waals surface area contributed by atoms with Crippen molar-refractivity contribution in [2.45, 2.75) is 46.0 Å². The lowest BCUT2D eigenvalue weighted by atomic mass is 10.1. The van der Waals surface area contributed by atoms with Crippen molar-refractivity contribution >= 4 is 21.8 Å². The summed E-state index contributed by atoms with van der Waals surface area (Å²) in [5, 5.41) is 2.36. The number of methoxy groups -OCH3 is 1. The van der Waals surface area contributed by atoms with E-state index in [1.54, 1.807) is 7.11 Å². The van der Waals surface area contributed by atoms with Gasteiger partial charge in [0.15, 0.2) is 11.5 Å². The molecule has 1 saturated heterocycles. The number of fused-ring (bicyclic) bond motifs is 3. The van der Waals surface area contributed by atoms with Crippen molar-refractivity contribution in [1.82, 2.24) is 14.9 Å². The predicted octanol–water partition coefficient (Wildman–Crippen LogP) is 4.71. The SMILES string of the molecule is CCc1cc2[nH]c3cc(OCCCN4CCCC4)c(OC)cc3c2c(CC)n1. The van der Waals surface area contributed by atoms with Crippen molar-refractivity contribution in [3.8, 4) is 11.5 Å². The van der Waals surface area contributed by atoms with Crippen molar-refractivity contribution in [2.24, 2.45) is 0 Å². The van der Waals surface area contributed by atoms with Gasteiger partial charge in [0, 0.05) is 29.1 Å². The molecule has 4 rings (SSSR count). The zero-order valence-corrected chi connectivity index (χ0v) is 17.3. The number of likely N-dealkylation sites (tertiary alicyclic amines) is 1. The first-order chi connectivity index (χ1) is 13.7. The number of hydrogen-bond donors (Lipinski definition) is 1. The number of ether oxygens (including phenoxy) is 2. The molecule has 1 fully saturated rings. The van der Waals surface area contributed by atoms with Crippen molar-refractivity contribution in [3.63, 3.8) is 0 Å². The highest BCUT2D eigenvalue weighted by Gasteiger charge is 2.16.